The van der Waals surface area contributed by atoms with E-state index in [2.05, 4.69) is 40.6 Å². The predicted molar refractivity (Wildman–Crippen MR) is 91.7 cm³/mol. The molecule has 1 aliphatic heterocycles. The van der Waals surface area contributed by atoms with Gasteiger partial charge in [0.15, 0.2) is 0 Å². The first-order valence-electron chi connectivity index (χ1n) is 8.42. The van der Waals surface area contributed by atoms with E-state index < -0.39 is 0 Å². The molecule has 1 aliphatic rings. The van der Waals surface area contributed by atoms with Crippen molar-refractivity contribution in [3.05, 3.63) is 60.2 Å². The van der Waals surface area contributed by atoms with Crippen LogP contribution in [0.5, 0.6) is 0 Å². The molecular weight excluding hydrogens is 302 g/mol. The maximum atomic E-state index is 6.11. The van der Waals surface area contributed by atoms with Gasteiger partial charge in [0.05, 0.1) is 30.9 Å². The van der Waals surface area contributed by atoms with Gasteiger partial charge in [0.25, 0.3) is 0 Å². The molecule has 0 saturated carbocycles. The standard InChI is InChI=1S/C19H21N3O2/c1-2-24-19(14-8-4-3-5-9-14)15-12-23-13-18(15)22-17-11-7-6-10-16(17)20-21-22/h3-11,15,18-19H,2,12-13H2,1H3. The summed E-state index contributed by atoms with van der Waals surface area (Å²) in [6, 6.07) is 18.5. The largest absolute Gasteiger partial charge is 0.379 e. The fourth-order valence-corrected chi connectivity index (χ4v) is 3.52. The van der Waals surface area contributed by atoms with E-state index in [4.69, 9.17) is 9.47 Å². The average molecular weight is 323 g/mol. The van der Waals surface area contributed by atoms with Gasteiger partial charge in [0, 0.05) is 12.5 Å². The maximum Gasteiger partial charge on any atom is 0.113 e. The van der Waals surface area contributed by atoms with E-state index in [0.717, 1.165) is 11.0 Å². The van der Waals surface area contributed by atoms with Crippen molar-refractivity contribution < 1.29 is 9.47 Å². The minimum absolute atomic E-state index is 0.00772. The Kier molecular flexibility index (Phi) is 4.28. The number of aromatic nitrogens is 3. The molecule has 1 fully saturated rings. The third-order valence-electron chi connectivity index (χ3n) is 4.65. The van der Waals surface area contributed by atoms with Crippen molar-refractivity contribution in [1.82, 2.24) is 15.0 Å². The second-order valence-corrected chi connectivity index (χ2v) is 6.08. The van der Waals surface area contributed by atoms with Gasteiger partial charge in [-0.15, -0.1) is 5.10 Å². The number of para-hydroxylation sites is 1. The zero-order chi connectivity index (χ0) is 16.4. The van der Waals surface area contributed by atoms with Crippen LogP contribution >= 0.6 is 0 Å². The monoisotopic (exact) mass is 323 g/mol. The van der Waals surface area contributed by atoms with Crippen molar-refractivity contribution in [1.29, 1.82) is 0 Å². The van der Waals surface area contributed by atoms with Crippen LogP contribution in [-0.4, -0.2) is 34.8 Å². The van der Waals surface area contributed by atoms with Crippen LogP contribution in [0.2, 0.25) is 0 Å². The lowest BCUT2D eigenvalue weighted by molar-refractivity contribution is 0.00511. The van der Waals surface area contributed by atoms with Crippen molar-refractivity contribution in [3.8, 4) is 0 Å². The normalized spacial score (nSPS) is 22.0. The van der Waals surface area contributed by atoms with E-state index >= 15 is 0 Å². The fourth-order valence-electron chi connectivity index (χ4n) is 3.52. The van der Waals surface area contributed by atoms with E-state index in [0.29, 0.717) is 19.8 Å². The lowest BCUT2D eigenvalue weighted by atomic mass is 9.91. The van der Waals surface area contributed by atoms with Gasteiger partial charge in [-0.2, -0.15) is 0 Å². The summed E-state index contributed by atoms with van der Waals surface area (Å²) < 4.78 is 13.9. The van der Waals surface area contributed by atoms with E-state index in [9.17, 15) is 0 Å². The van der Waals surface area contributed by atoms with Crippen LogP contribution in [0, 0.1) is 5.92 Å². The lowest BCUT2D eigenvalue weighted by Crippen LogP contribution is -2.26. The van der Waals surface area contributed by atoms with E-state index in [1.54, 1.807) is 0 Å². The zero-order valence-corrected chi connectivity index (χ0v) is 13.7. The Labute approximate surface area is 141 Å². The molecule has 0 spiro atoms. The van der Waals surface area contributed by atoms with Gasteiger partial charge in [-0.3, -0.25) is 0 Å². The number of ether oxygens (including phenoxy) is 2. The van der Waals surface area contributed by atoms with Crippen molar-refractivity contribution in [2.75, 3.05) is 19.8 Å². The van der Waals surface area contributed by atoms with Crippen molar-refractivity contribution >= 4 is 11.0 Å². The molecule has 0 aliphatic carbocycles. The molecular formula is C19H21N3O2. The summed E-state index contributed by atoms with van der Waals surface area (Å²) >= 11 is 0. The minimum atomic E-state index is -0.00772. The third kappa shape index (κ3) is 2.70. The summed E-state index contributed by atoms with van der Waals surface area (Å²) in [5.74, 6) is 0.206. The highest BCUT2D eigenvalue weighted by Crippen LogP contribution is 2.39. The maximum absolute atomic E-state index is 6.11. The summed E-state index contributed by atoms with van der Waals surface area (Å²) in [5.41, 5.74) is 3.14. The van der Waals surface area contributed by atoms with Crippen LogP contribution in [0.15, 0.2) is 54.6 Å². The third-order valence-corrected chi connectivity index (χ3v) is 4.65. The van der Waals surface area contributed by atoms with Crippen LogP contribution in [0.1, 0.15) is 24.6 Å². The molecule has 4 rings (SSSR count). The van der Waals surface area contributed by atoms with Crippen LogP contribution in [-0.2, 0) is 9.47 Å². The summed E-state index contributed by atoms with van der Waals surface area (Å²) in [7, 11) is 0. The highest BCUT2D eigenvalue weighted by molar-refractivity contribution is 5.74. The second-order valence-electron chi connectivity index (χ2n) is 6.08. The number of fused-ring (bicyclic) bond motifs is 1. The molecule has 24 heavy (non-hydrogen) atoms. The highest BCUT2D eigenvalue weighted by Gasteiger charge is 2.38. The zero-order valence-electron chi connectivity index (χ0n) is 13.7. The van der Waals surface area contributed by atoms with Crippen molar-refractivity contribution in [3.63, 3.8) is 0 Å². The van der Waals surface area contributed by atoms with Crippen LogP contribution < -0.4 is 0 Å². The SMILES string of the molecule is CCOC(c1ccccc1)C1COCC1n1nnc2ccccc21. The highest BCUT2D eigenvalue weighted by atomic mass is 16.5. The Balaban J connectivity index is 1.71. The summed E-state index contributed by atoms with van der Waals surface area (Å²) in [6.07, 6.45) is -0.00772. The first-order chi connectivity index (χ1) is 11.9. The Morgan fingerprint density at radius 2 is 1.92 bits per heavy atom. The molecule has 2 heterocycles. The molecule has 3 atom stereocenters. The smallest absolute Gasteiger partial charge is 0.113 e. The van der Waals surface area contributed by atoms with Crippen LogP contribution in [0.25, 0.3) is 11.0 Å². The van der Waals surface area contributed by atoms with E-state index in [1.165, 1.54) is 5.56 Å². The molecule has 0 N–H and O–H groups in total. The first kappa shape index (κ1) is 15.3. The number of nitrogens with zero attached hydrogens (tertiary/aromatic N) is 3. The topological polar surface area (TPSA) is 49.2 Å². The minimum Gasteiger partial charge on any atom is -0.379 e. The van der Waals surface area contributed by atoms with Gasteiger partial charge in [-0.25, -0.2) is 4.68 Å². The van der Waals surface area contributed by atoms with Gasteiger partial charge < -0.3 is 9.47 Å². The molecule has 2 aromatic carbocycles. The average Bonchev–Trinajstić information content (AvgIpc) is 3.27. The van der Waals surface area contributed by atoms with E-state index in [-0.39, 0.29) is 18.1 Å². The molecule has 5 heteroatoms. The van der Waals surface area contributed by atoms with Gasteiger partial charge in [0.2, 0.25) is 0 Å². The van der Waals surface area contributed by atoms with Gasteiger partial charge in [-0.05, 0) is 24.6 Å². The Morgan fingerprint density at radius 1 is 1.12 bits per heavy atom. The Morgan fingerprint density at radius 3 is 2.75 bits per heavy atom. The summed E-state index contributed by atoms with van der Waals surface area (Å²) in [6.45, 7) is 4.00. The molecule has 0 amide bonds. The summed E-state index contributed by atoms with van der Waals surface area (Å²) in [4.78, 5) is 0. The first-order valence-corrected chi connectivity index (χ1v) is 8.42. The molecule has 3 unspecified atom stereocenters. The number of rotatable bonds is 5. The van der Waals surface area contributed by atoms with Crippen molar-refractivity contribution in [2.45, 2.75) is 19.1 Å². The van der Waals surface area contributed by atoms with Crippen LogP contribution in [0.4, 0.5) is 0 Å². The Hall–Kier alpha value is -2.24. The Bertz CT molecular complexity index is 802. The molecule has 0 radical (unpaired) electrons. The van der Waals surface area contributed by atoms with Gasteiger partial charge in [0.1, 0.15) is 5.52 Å². The summed E-state index contributed by atoms with van der Waals surface area (Å²) in [5, 5.41) is 8.69. The molecule has 124 valence electrons. The lowest BCUT2D eigenvalue weighted by Gasteiger charge is -2.27. The number of hydrogen-bond acceptors (Lipinski definition) is 4. The second kappa shape index (κ2) is 6.71. The number of benzene rings is 2. The van der Waals surface area contributed by atoms with E-state index in [1.807, 2.05) is 35.9 Å². The predicted octanol–water partition coefficient (Wildman–Crippen LogP) is 3.40. The molecule has 1 aromatic heterocycles. The molecule has 0 bridgehead atoms. The molecule has 1 saturated heterocycles. The fraction of sp³-hybridized carbons (Fsp3) is 0.368. The quantitative estimate of drug-likeness (QED) is 0.722. The number of hydrogen-bond donors (Lipinski definition) is 0. The van der Waals surface area contributed by atoms with Crippen LogP contribution in [0.3, 0.4) is 0 Å². The van der Waals surface area contributed by atoms with Gasteiger partial charge in [-0.1, -0.05) is 47.7 Å². The van der Waals surface area contributed by atoms with Crippen molar-refractivity contribution in [2.24, 2.45) is 5.92 Å². The molecule has 3 aromatic rings. The molecule has 5 nitrogen and oxygen atoms in total. The van der Waals surface area contributed by atoms with Gasteiger partial charge >= 0.3 is 0 Å².